The van der Waals surface area contributed by atoms with Gasteiger partial charge in [-0.2, -0.15) is 0 Å². The minimum absolute atomic E-state index is 0.150. The summed E-state index contributed by atoms with van der Waals surface area (Å²) in [5.74, 6) is 4.52. The van der Waals surface area contributed by atoms with E-state index in [2.05, 4.69) is 30.8 Å². The molecule has 5 nitrogen and oxygen atoms in total. The van der Waals surface area contributed by atoms with Crippen LogP contribution in [-0.4, -0.2) is 11.9 Å². The number of carbonyl (C=O) groups is 1. The topological polar surface area (TPSA) is 91.9 Å². The van der Waals surface area contributed by atoms with Crippen LogP contribution >= 0.6 is 0 Å². The zero-order chi connectivity index (χ0) is 20.8. The van der Waals surface area contributed by atoms with Crippen molar-refractivity contribution in [2.45, 2.75) is 97.4 Å². The third-order valence-corrected chi connectivity index (χ3v) is 10.5. The van der Waals surface area contributed by atoms with Gasteiger partial charge in [0.2, 0.25) is 5.91 Å². The quantitative estimate of drug-likeness (QED) is 0.331. The molecule has 0 spiro atoms. The molecule has 162 valence electrons. The molecule has 5 heteroatoms. The van der Waals surface area contributed by atoms with E-state index in [4.69, 9.17) is 11.3 Å². The number of hydrogen-bond acceptors (Lipinski definition) is 2. The van der Waals surface area contributed by atoms with Crippen LogP contribution in [-0.2, 0) is 4.79 Å². The Morgan fingerprint density at radius 2 is 1.83 bits per heavy atom. The highest BCUT2D eigenvalue weighted by molar-refractivity contribution is 5.73. The fourth-order valence-electron chi connectivity index (χ4n) is 8.96. The maximum Gasteiger partial charge on any atom is 0.217 e. The van der Waals surface area contributed by atoms with Gasteiger partial charge >= 0.3 is 0 Å². The maximum absolute atomic E-state index is 11.3. The third kappa shape index (κ3) is 3.48. The van der Waals surface area contributed by atoms with Gasteiger partial charge in [0, 0.05) is 17.4 Å². The lowest BCUT2D eigenvalue weighted by Crippen LogP contribution is -2.54. The molecule has 4 aliphatic rings. The number of primary amides is 1. The fourth-order valence-corrected chi connectivity index (χ4v) is 8.96. The summed E-state index contributed by atoms with van der Waals surface area (Å²) >= 11 is 0. The first-order chi connectivity index (χ1) is 13.8. The van der Waals surface area contributed by atoms with Gasteiger partial charge < -0.3 is 5.73 Å². The highest BCUT2D eigenvalue weighted by Gasteiger charge is 2.60. The van der Waals surface area contributed by atoms with Gasteiger partial charge in [-0.05, 0) is 116 Å². The summed E-state index contributed by atoms with van der Waals surface area (Å²) in [6.45, 7) is 7.52. The minimum atomic E-state index is -0.150. The highest BCUT2D eigenvalue weighted by Crippen LogP contribution is 2.68. The Balaban J connectivity index is 1.49. The van der Waals surface area contributed by atoms with Crippen molar-refractivity contribution in [3.05, 3.63) is 10.4 Å². The van der Waals surface area contributed by atoms with E-state index >= 15 is 0 Å². The number of rotatable bonds is 5. The first-order valence-electron chi connectivity index (χ1n) is 12.1. The molecule has 0 heterocycles. The minimum Gasteiger partial charge on any atom is -0.370 e. The average Bonchev–Trinajstić information content (AvgIpc) is 3.04. The lowest BCUT2D eigenvalue weighted by molar-refractivity contribution is -0.120. The van der Waals surface area contributed by atoms with Gasteiger partial charge in [0.05, 0.1) is 0 Å². The normalized spacial score (nSPS) is 47.3. The van der Waals surface area contributed by atoms with E-state index in [0.29, 0.717) is 23.2 Å². The molecule has 4 aliphatic carbocycles. The SMILES string of the molecule is C[C@H](CCC(N)=O)[C@H]1CC[C@H]2[C@@H]3CC[C@@H]4C[C@@H](N=[N+]=[N-])CC[C@]4(C)[C@H]3CC[C@]12C. The lowest BCUT2D eigenvalue weighted by Gasteiger charge is -2.61. The zero-order valence-electron chi connectivity index (χ0n) is 18.6. The number of hydrogen-bond donors (Lipinski definition) is 1. The molecule has 29 heavy (non-hydrogen) atoms. The van der Waals surface area contributed by atoms with Gasteiger partial charge in [-0.1, -0.05) is 25.9 Å². The Bertz CT molecular complexity index is 688. The monoisotopic (exact) mass is 400 g/mol. The Labute approximate surface area is 176 Å². The number of amides is 1. The van der Waals surface area contributed by atoms with Crippen molar-refractivity contribution >= 4 is 5.91 Å². The van der Waals surface area contributed by atoms with Crippen molar-refractivity contribution in [3.8, 4) is 0 Å². The molecule has 0 aromatic rings. The van der Waals surface area contributed by atoms with Crippen LogP contribution < -0.4 is 5.73 Å². The fraction of sp³-hybridized carbons (Fsp3) is 0.958. The maximum atomic E-state index is 11.3. The summed E-state index contributed by atoms with van der Waals surface area (Å²) < 4.78 is 0. The molecule has 0 aromatic carbocycles. The van der Waals surface area contributed by atoms with Crippen LogP contribution in [0.15, 0.2) is 5.11 Å². The van der Waals surface area contributed by atoms with Crippen LogP contribution in [0.25, 0.3) is 10.4 Å². The predicted molar refractivity (Wildman–Crippen MR) is 116 cm³/mol. The van der Waals surface area contributed by atoms with Gasteiger partial charge in [0.25, 0.3) is 0 Å². The molecule has 0 aromatic heterocycles. The number of fused-ring (bicyclic) bond motifs is 5. The summed E-state index contributed by atoms with van der Waals surface area (Å²) in [7, 11) is 0. The van der Waals surface area contributed by atoms with E-state index in [1.807, 2.05) is 0 Å². The van der Waals surface area contributed by atoms with E-state index in [1.165, 1.54) is 44.9 Å². The van der Waals surface area contributed by atoms with Crippen LogP contribution in [0.2, 0.25) is 0 Å². The van der Waals surface area contributed by atoms with Crippen LogP contribution in [0.3, 0.4) is 0 Å². The van der Waals surface area contributed by atoms with Crippen LogP contribution in [0.4, 0.5) is 0 Å². The van der Waals surface area contributed by atoms with Crippen molar-refractivity contribution in [2.24, 2.45) is 57.2 Å². The van der Waals surface area contributed by atoms with Crippen molar-refractivity contribution in [1.82, 2.24) is 0 Å². The molecule has 1 amide bonds. The van der Waals surface area contributed by atoms with Gasteiger partial charge in [-0.25, -0.2) is 0 Å². The predicted octanol–water partition coefficient (Wildman–Crippen LogP) is 6.23. The molecule has 4 rings (SSSR count). The first-order valence-corrected chi connectivity index (χ1v) is 12.1. The van der Waals surface area contributed by atoms with E-state index in [-0.39, 0.29) is 11.9 Å². The Morgan fingerprint density at radius 3 is 2.55 bits per heavy atom. The van der Waals surface area contributed by atoms with Crippen LogP contribution in [0.1, 0.15) is 91.4 Å². The van der Waals surface area contributed by atoms with Crippen LogP contribution in [0.5, 0.6) is 0 Å². The van der Waals surface area contributed by atoms with E-state index in [0.717, 1.165) is 48.9 Å². The summed E-state index contributed by atoms with van der Waals surface area (Å²) in [6, 6.07) is 0.227. The standard InChI is InChI=1S/C24H40N4O/c1-15(4-9-22(25)29)19-7-8-20-18-6-5-16-14-17(27-28-26)10-12-23(16,2)21(18)11-13-24(19,20)3/h15-21H,4-14H2,1-3H3,(H2,25,29)/t15-,16-,17+,18+,19-,20+,21+,23+,24-/m1/s1. The molecule has 4 saturated carbocycles. The molecule has 2 N–H and O–H groups in total. The Hall–Kier alpha value is -1.22. The number of nitrogens with zero attached hydrogens (tertiary/aromatic N) is 3. The van der Waals surface area contributed by atoms with Gasteiger partial charge in [0.15, 0.2) is 0 Å². The molecule has 9 atom stereocenters. The molecule has 0 saturated heterocycles. The van der Waals surface area contributed by atoms with Crippen molar-refractivity contribution in [1.29, 1.82) is 0 Å². The molecular weight excluding hydrogens is 360 g/mol. The van der Waals surface area contributed by atoms with E-state index in [9.17, 15) is 4.79 Å². The molecular formula is C24H40N4O. The summed E-state index contributed by atoms with van der Waals surface area (Å²) in [6.07, 6.45) is 13.1. The molecule has 0 unspecified atom stereocenters. The number of nitrogens with two attached hydrogens (primary N) is 1. The van der Waals surface area contributed by atoms with Gasteiger partial charge in [-0.15, -0.1) is 0 Å². The molecule has 0 radical (unpaired) electrons. The van der Waals surface area contributed by atoms with Crippen LogP contribution in [0, 0.1) is 46.3 Å². The smallest absolute Gasteiger partial charge is 0.217 e. The van der Waals surface area contributed by atoms with Crippen molar-refractivity contribution in [3.63, 3.8) is 0 Å². The third-order valence-electron chi connectivity index (χ3n) is 10.5. The largest absolute Gasteiger partial charge is 0.370 e. The first kappa shape index (κ1) is 21.0. The second kappa shape index (κ2) is 7.80. The molecule has 4 fully saturated rings. The van der Waals surface area contributed by atoms with E-state index in [1.54, 1.807) is 0 Å². The second-order valence-corrected chi connectivity index (χ2v) is 11.5. The summed E-state index contributed by atoms with van der Waals surface area (Å²) in [5, 5.41) is 4.08. The Kier molecular flexibility index (Phi) is 5.65. The zero-order valence-corrected chi connectivity index (χ0v) is 18.6. The second-order valence-electron chi connectivity index (χ2n) is 11.5. The number of carbonyl (C=O) groups excluding carboxylic acids is 1. The van der Waals surface area contributed by atoms with Crippen molar-refractivity contribution in [2.75, 3.05) is 0 Å². The summed E-state index contributed by atoms with van der Waals surface area (Å²) in [4.78, 5) is 14.4. The van der Waals surface area contributed by atoms with Gasteiger partial charge in [0.1, 0.15) is 0 Å². The Morgan fingerprint density at radius 1 is 1.10 bits per heavy atom. The molecule has 0 bridgehead atoms. The molecule has 0 aliphatic heterocycles. The summed E-state index contributed by atoms with van der Waals surface area (Å²) in [5.41, 5.74) is 15.2. The average molecular weight is 401 g/mol. The highest BCUT2D eigenvalue weighted by atomic mass is 16.1. The lowest BCUT2D eigenvalue weighted by atomic mass is 9.44. The number of azide groups is 1. The van der Waals surface area contributed by atoms with Gasteiger partial charge in [-0.3, -0.25) is 4.79 Å². The van der Waals surface area contributed by atoms with E-state index < -0.39 is 0 Å². The van der Waals surface area contributed by atoms with Crippen molar-refractivity contribution < 1.29 is 4.79 Å².